The number of aliphatic hydroxyl groups is 2. The average Bonchev–Trinajstić information content (AvgIpc) is 2.64. The van der Waals surface area contributed by atoms with E-state index in [1.165, 1.54) is 19.3 Å². The van der Waals surface area contributed by atoms with E-state index in [0.717, 1.165) is 44.9 Å². The molecule has 0 saturated carbocycles. The van der Waals surface area contributed by atoms with Gasteiger partial charge in [0, 0.05) is 12.8 Å². The Morgan fingerprint density at radius 3 is 2.12 bits per heavy atom. The second-order valence-corrected chi connectivity index (χ2v) is 7.00. The summed E-state index contributed by atoms with van der Waals surface area (Å²) >= 11 is 0. The molecular weight excluding hydrogens is 336 g/mol. The van der Waals surface area contributed by atoms with E-state index in [4.69, 9.17) is 10.8 Å². The van der Waals surface area contributed by atoms with Crippen LogP contribution in [0.1, 0.15) is 84.0 Å². The van der Waals surface area contributed by atoms with Crippen molar-refractivity contribution in [1.82, 2.24) is 5.06 Å². The van der Waals surface area contributed by atoms with Gasteiger partial charge in [-0.05, 0) is 19.3 Å². The molecule has 0 rings (SSSR count). The molecule has 0 aromatic carbocycles. The summed E-state index contributed by atoms with van der Waals surface area (Å²) in [5.41, 5.74) is 5.31. The van der Waals surface area contributed by atoms with E-state index in [9.17, 15) is 19.9 Å². The highest BCUT2D eigenvalue weighted by Gasteiger charge is 2.19. The van der Waals surface area contributed by atoms with Crippen LogP contribution >= 0.6 is 0 Å². The predicted octanol–water partition coefficient (Wildman–Crippen LogP) is 2.15. The summed E-state index contributed by atoms with van der Waals surface area (Å²) in [5.74, 6) is -0.793. The molecule has 0 fully saturated rings. The van der Waals surface area contributed by atoms with Crippen LogP contribution in [-0.4, -0.2) is 57.5 Å². The zero-order valence-corrected chi connectivity index (χ0v) is 16.2. The third-order valence-electron chi connectivity index (χ3n) is 4.50. The van der Waals surface area contributed by atoms with Crippen molar-refractivity contribution in [3.63, 3.8) is 0 Å². The lowest BCUT2D eigenvalue weighted by Crippen LogP contribution is -2.44. The van der Waals surface area contributed by atoms with Gasteiger partial charge in [0.25, 0.3) is 5.91 Å². The van der Waals surface area contributed by atoms with Gasteiger partial charge in [-0.3, -0.25) is 14.8 Å². The maximum Gasteiger partial charge on any atom is 0.265 e. The van der Waals surface area contributed by atoms with Crippen LogP contribution in [0.2, 0.25) is 0 Å². The molecule has 0 bridgehead atoms. The first-order chi connectivity index (χ1) is 12.4. The van der Waals surface area contributed by atoms with E-state index in [0.29, 0.717) is 11.5 Å². The second-order valence-electron chi connectivity index (χ2n) is 7.00. The Labute approximate surface area is 157 Å². The highest BCUT2D eigenvalue weighted by Crippen LogP contribution is 2.13. The summed E-state index contributed by atoms with van der Waals surface area (Å²) in [6, 6.07) is -1.16. The lowest BCUT2D eigenvalue weighted by molar-refractivity contribution is -0.168. The van der Waals surface area contributed by atoms with Crippen molar-refractivity contribution in [1.29, 1.82) is 0 Å². The predicted molar refractivity (Wildman–Crippen MR) is 101 cm³/mol. The summed E-state index contributed by atoms with van der Waals surface area (Å²) in [6.07, 6.45) is 10.4. The fraction of sp³-hybridized carbons (Fsp3) is 0.895. The Morgan fingerprint density at radius 1 is 0.962 bits per heavy atom. The van der Waals surface area contributed by atoms with Crippen LogP contribution in [-0.2, 0) is 9.59 Å². The lowest BCUT2D eigenvalue weighted by atomic mass is 10.0. The molecule has 0 unspecified atom stereocenters. The Balaban J connectivity index is 3.58. The van der Waals surface area contributed by atoms with Crippen molar-refractivity contribution in [2.75, 3.05) is 13.2 Å². The van der Waals surface area contributed by atoms with Crippen molar-refractivity contribution in [2.24, 2.45) is 5.73 Å². The maximum absolute atomic E-state index is 11.8. The van der Waals surface area contributed by atoms with E-state index in [1.54, 1.807) is 0 Å². The summed E-state index contributed by atoms with van der Waals surface area (Å²) in [4.78, 5) is 23.2. The Kier molecular flexibility index (Phi) is 15.5. The van der Waals surface area contributed by atoms with Gasteiger partial charge in [0.2, 0.25) is 0 Å². The molecule has 5 N–H and O–H groups in total. The van der Waals surface area contributed by atoms with E-state index in [1.807, 2.05) is 0 Å². The summed E-state index contributed by atoms with van der Waals surface area (Å²) in [5, 5.41) is 28.5. The van der Waals surface area contributed by atoms with Gasteiger partial charge >= 0.3 is 0 Å². The zero-order valence-electron chi connectivity index (χ0n) is 16.2. The highest BCUT2D eigenvalue weighted by molar-refractivity contribution is 5.82. The second kappa shape index (κ2) is 16.2. The number of nitrogens with zero attached hydrogens (tertiary/aromatic N) is 1. The van der Waals surface area contributed by atoms with Crippen molar-refractivity contribution >= 4 is 11.7 Å². The standard InChI is InChI=1S/C19H38N2O5/c1-2-3-4-7-10-16(23)11-8-5-6-9-12-17(24)13-14-21(26)19(25)18(20)15-22/h16,18,22-23,26H,2-15,20H2,1H3/t16-,18+/m0/s1. The number of carbonyl (C=O) groups excluding carboxylic acids is 2. The maximum atomic E-state index is 11.8. The van der Waals surface area contributed by atoms with Gasteiger partial charge in [0.05, 0.1) is 19.3 Å². The number of nitrogens with two attached hydrogens (primary N) is 1. The number of hydrogen-bond acceptors (Lipinski definition) is 6. The number of aliphatic hydroxyl groups excluding tert-OH is 2. The SMILES string of the molecule is CCCCCC[C@H](O)CCCCCCC(=O)CCN(O)C(=O)[C@H](N)CO. The Hall–Kier alpha value is -1.02. The van der Waals surface area contributed by atoms with Gasteiger partial charge in [-0.2, -0.15) is 0 Å². The minimum atomic E-state index is -1.16. The normalized spacial score (nSPS) is 13.4. The monoisotopic (exact) mass is 374 g/mol. The van der Waals surface area contributed by atoms with Gasteiger partial charge in [-0.25, -0.2) is 5.06 Å². The minimum Gasteiger partial charge on any atom is -0.394 e. The van der Waals surface area contributed by atoms with Gasteiger partial charge in [0.15, 0.2) is 0 Å². The number of ketones is 1. The first-order valence-electron chi connectivity index (χ1n) is 9.98. The van der Waals surface area contributed by atoms with Gasteiger partial charge in [0.1, 0.15) is 11.8 Å². The first-order valence-corrected chi connectivity index (χ1v) is 9.98. The molecule has 0 radical (unpaired) electrons. The molecule has 0 aliphatic rings. The van der Waals surface area contributed by atoms with Crippen molar-refractivity contribution < 1.29 is 25.0 Å². The number of carbonyl (C=O) groups is 2. The first kappa shape index (κ1) is 25.0. The zero-order chi connectivity index (χ0) is 19.8. The number of hydrogen-bond donors (Lipinski definition) is 4. The van der Waals surface area contributed by atoms with Crippen LogP contribution in [0.4, 0.5) is 0 Å². The molecule has 26 heavy (non-hydrogen) atoms. The molecule has 0 spiro atoms. The lowest BCUT2D eigenvalue weighted by Gasteiger charge is -2.17. The molecule has 0 aromatic heterocycles. The quantitative estimate of drug-likeness (QED) is 0.176. The van der Waals surface area contributed by atoms with Gasteiger partial charge in [-0.1, -0.05) is 51.9 Å². The van der Waals surface area contributed by atoms with Crippen molar-refractivity contribution in [3.8, 4) is 0 Å². The molecule has 1 amide bonds. The van der Waals surface area contributed by atoms with E-state index >= 15 is 0 Å². The molecule has 0 aliphatic carbocycles. The molecule has 0 saturated heterocycles. The van der Waals surface area contributed by atoms with E-state index < -0.39 is 18.6 Å². The van der Waals surface area contributed by atoms with Gasteiger partial charge < -0.3 is 15.9 Å². The van der Waals surface area contributed by atoms with Crippen LogP contribution < -0.4 is 5.73 Å². The third-order valence-corrected chi connectivity index (χ3v) is 4.50. The number of Topliss-reactive ketones (excluding diaryl/α,β-unsaturated/α-hetero) is 1. The Morgan fingerprint density at radius 2 is 1.54 bits per heavy atom. The van der Waals surface area contributed by atoms with Crippen LogP contribution in [0.5, 0.6) is 0 Å². The Bertz CT molecular complexity index is 379. The number of rotatable bonds is 17. The number of amides is 1. The van der Waals surface area contributed by atoms with Crippen molar-refractivity contribution in [3.05, 3.63) is 0 Å². The van der Waals surface area contributed by atoms with Crippen LogP contribution in [0, 0.1) is 0 Å². The minimum absolute atomic E-state index is 0.00891. The number of hydroxylamine groups is 2. The molecule has 0 aliphatic heterocycles. The van der Waals surface area contributed by atoms with Gasteiger partial charge in [-0.15, -0.1) is 0 Å². The molecule has 2 atom stereocenters. The third kappa shape index (κ3) is 13.2. The number of unbranched alkanes of at least 4 members (excludes halogenated alkanes) is 6. The molecule has 7 heteroatoms. The molecule has 0 aromatic rings. The molecule has 7 nitrogen and oxygen atoms in total. The van der Waals surface area contributed by atoms with E-state index in [2.05, 4.69) is 6.92 Å². The largest absolute Gasteiger partial charge is 0.394 e. The van der Waals surface area contributed by atoms with Crippen LogP contribution in [0.3, 0.4) is 0 Å². The van der Waals surface area contributed by atoms with Crippen LogP contribution in [0.15, 0.2) is 0 Å². The topological polar surface area (TPSA) is 124 Å². The summed E-state index contributed by atoms with van der Waals surface area (Å²) in [7, 11) is 0. The average molecular weight is 375 g/mol. The molecular formula is C19H38N2O5. The van der Waals surface area contributed by atoms with E-state index in [-0.39, 0.29) is 24.9 Å². The summed E-state index contributed by atoms with van der Waals surface area (Å²) in [6.45, 7) is 1.53. The fourth-order valence-corrected chi connectivity index (χ4v) is 2.74. The smallest absolute Gasteiger partial charge is 0.265 e. The summed E-state index contributed by atoms with van der Waals surface area (Å²) < 4.78 is 0. The van der Waals surface area contributed by atoms with Crippen molar-refractivity contribution in [2.45, 2.75) is 96.1 Å². The molecule has 0 heterocycles. The molecule has 154 valence electrons. The van der Waals surface area contributed by atoms with Crippen LogP contribution in [0.25, 0.3) is 0 Å². The highest BCUT2D eigenvalue weighted by atomic mass is 16.5. The fourth-order valence-electron chi connectivity index (χ4n) is 2.74.